The van der Waals surface area contributed by atoms with Gasteiger partial charge in [-0.15, -0.1) is 0 Å². The zero-order valence-corrected chi connectivity index (χ0v) is 21.8. The minimum absolute atomic E-state index is 0.514. The van der Waals surface area contributed by atoms with Crippen LogP contribution in [0, 0.1) is 41.5 Å². The van der Waals surface area contributed by atoms with E-state index in [1.165, 1.54) is 59.1 Å². The van der Waals surface area contributed by atoms with Crippen LogP contribution in [-0.2, 0) is 0 Å². The van der Waals surface area contributed by atoms with Gasteiger partial charge in [-0.05, 0) is 41.5 Å². The van der Waals surface area contributed by atoms with E-state index in [4.69, 9.17) is 0 Å². The molecule has 0 bridgehead atoms. The van der Waals surface area contributed by atoms with Gasteiger partial charge < -0.3 is 0 Å². The van der Waals surface area contributed by atoms with Crippen LogP contribution in [0.1, 0.15) is 66.0 Å². The number of hydrogen-bond acceptors (Lipinski definition) is 0. The lowest BCUT2D eigenvalue weighted by molar-refractivity contribution is 0.680. The maximum absolute atomic E-state index is 2.59. The molecule has 0 heterocycles. The Morgan fingerprint density at radius 3 is 1.38 bits per heavy atom. The third-order valence-corrected chi connectivity index (χ3v) is 9.58. The van der Waals surface area contributed by atoms with Gasteiger partial charge in [-0.2, -0.15) is 0 Å². The second-order valence-electron chi connectivity index (χ2n) is 10.6. The third-order valence-electron chi connectivity index (χ3n) is 6.73. The molecule has 158 valence electrons. The van der Waals surface area contributed by atoms with Crippen LogP contribution in [0.4, 0.5) is 0 Å². The van der Waals surface area contributed by atoms with Crippen molar-refractivity contribution in [1.29, 1.82) is 0 Å². The molecule has 0 N–H and O–H groups in total. The summed E-state index contributed by atoms with van der Waals surface area (Å²) in [7, 11) is -1.38. The Balaban J connectivity index is 2.79. The number of unbranched alkanes of at least 4 members (excludes halogenated alkanes) is 2. The monoisotopic (exact) mass is 406 g/mol. The van der Waals surface area contributed by atoms with Crippen LogP contribution in [0.5, 0.6) is 0 Å². The highest BCUT2D eigenvalue weighted by atomic mass is 28.3. The number of aryl methyl sites for hydroxylation is 6. The molecule has 0 aliphatic heterocycles. The maximum atomic E-state index is 2.59. The number of rotatable bonds is 8. The standard InChI is InChI=1S/C27H43BSi/c1-11-12-13-14-25(29(8,9)10)28(26-21(4)15-19(2)16-22(26)5)27-23(6)17-20(3)18-24(27)7/h15-18,25H,11-14H2,1-10H3. The van der Waals surface area contributed by atoms with E-state index in [0.717, 1.165) is 5.44 Å². The van der Waals surface area contributed by atoms with Crippen molar-refractivity contribution < 1.29 is 0 Å². The first kappa shape index (κ1) is 24.0. The minimum Gasteiger partial charge on any atom is -0.0698 e. The topological polar surface area (TPSA) is 0 Å². The molecule has 0 fully saturated rings. The quantitative estimate of drug-likeness (QED) is 0.328. The molecule has 1 unspecified atom stereocenters. The van der Waals surface area contributed by atoms with Crippen molar-refractivity contribution in [2.45, 2.75) is 99.2 Å². The molecule has 1 atom stereocenters. The van der Waals surface area contributed by atoms with Crippen LogP contribution in [0.25, 0.3) is 0 Å². The Labute approximate surface area is 182 Å². The summed E-state index contributed by atoms with van der Waals surface area (Å²) in [6.07, 6.45) is 5.36. The van der Waals surface area contributed by atoms with Crippen molar-refractivity contribution in [3.05, 3.63) is 57.6 Å². The van der Waals surface area contributed by atoms with E-state index in [2.05, 4.69) is 92.4 Å². The van der Waals surface area contributed by atoms with Crippen molar-refractivity contribution in [3.8, 4) is 0 Å². The molecule has 0 radical (unpaired) electrons. The van der Waals surface area contributed by atoms with Gasteiger partial charge in [0.25, 0.3) is 0 Å². The molecular weight excluding hydrogens is 363 g/mol. The molecule has 2 heteroatoms. The molecule has 2 rings (SSSR count). The lowest BCUT2D eigenvalue weighted by atomic mass is 9.35. The van der Waals surface area contributed by atoms with Crippen molar-refractivity contribution in [1.82, 2.24) is 0 Å². The zero-order valence-electron chi connectivity index (χ0n) is 20.8. The summed E-state index contributed by atoms with van der Waals surface area (Å²) in [6, 6.07) is 9.62. The molecule has 2 aromatic carbocycles. The predicted molar refractivity (Wildman–Crippen MR) is 138 cm³/mol. The highest BCUT2D eigenvalue weighted by Crippen LogP contribution is 2.32. The zero-order chi connectivity index (χ0) is 21.9. The first-order valence-corrected chi connectivity index (χ1v) is 15.2. The first-order chi connectivity index (χ1) is 13.5. The summed E-state index contributed by atoms with van der Waals surface area (Å²) in [5.41, 5.74) is 12.6. The molecule has 0 aromatic heterocycles. The summed E-state index contributed by atoms with van der Waals surface area (Å²) in [5, 5.41) is 0. The summed E-state index contributed by atoms with van der Waals surface area (Å²) in [6.45, 7) is 24.4. The first-order valence-electron chi connectivity index (χ1n) is 11.6. The summed E-state index contributed by atoms with van der Waals surface area (Å²) < 4.78 is 0. The summed E-state index contributed by atoms with van der Waals surface area (Å²) >= 11 is 0. The van der Waals surface area contributed by atoms with Gasteiger partial charge in [-0.25, -0.2) is 0 Å². The van der Waals surface area contributed by atoms with E-state index in [-0.39, 0.29) is 0 Å². The fourth-order valence-electron chi connectivity index (χ4n) is 5.62. The predicted octanol–water partition coefficient (Wildman–Crippen LogP) is 6.97. The van der Waals surface area contributed by atoms with E-state index < -0.39 is 8.07 Å². The molecule has 0 saturated heterocycles. The minimum atomic E-state index is -1.38. The Morgan fingerprint density at radius 1 is 0.690 bits per heavy atom. The van der Waals surface area contributed by atoms with Crippen molar-refractivity contribution in [3.63, 3.8) is 0 Å². The van der Waals surface area contributed by atoms with Crippen LogP contribution in [0.2, 0.25) is 25.1 Å². The molecule has 2 aromatic rings. The van der Waals surface area contributed by atoms with Gasteiger partial charge in [-0.3, -0.25) is 0 Å². The largest absolute Gasteiger partial charge is 0.211 e. The average molecular weight is 407 g/mol. The second kappa shape index (κ2) is 9.69. The van der Waals surface area contributed by atoms with Crippen molar-refractivity contribution in [2.24, 2.45) is 0 Å². The fraction of sp³-hybridized carbons (Fsp3) is 0.556. The van der Waals surface area contributed by atoms with E-state index in [1.807, 2.05) is 0 Å². The van der Waals surface area contributed by atoms with Gasteiger partial charge in [0, 0.05) is 8.07 Å². The normalized spacial score (nSPS) is 12.9. The molecule has 0 spiro atoms. The maximum Gasteiger partial charge on any atom is 0.211 e. The molecule has 0 aliphatic rings. The van der Waals surface area contributed by atoms with E-state index in [0.29, 0.717) is 6.71 Å². The Kier molecular flexibility index (Phi) is 8.01. The number of hydrogen-bond donors (Lipinski definition) is 0. The summed E-state index contributed by atoms with van der Waals surface area (Å²) in [4.78, 5) is 0. The van der Waals surface area contributed by atoms with E-state index in [9.17, 15) is 0 Å². The SMILES string of the molecule is CCCCCC(B(c1c(C)cc(C)cc1C)c1c(C)cc(C)cc1C)[Si](C)(C)C. The van der Waals surface area contributed by atoms with Crippen LogP contribution in [-0.4, -0.2) is 14.8 Å². The lowest BCUT2D eigenvalue weighted by Gasteiger charge is -2.38. The average Bonchev–Trinajstić information content (AvgIpc) is 2.55. The lowest BCUT2D eigenvalue weighted by Crippen LogP contribution is -2.56. The van der Waals surface area contributed by atoms with Crippen molar-refractivity contribution in [2.75, 3.05) is 0 Å². The highest BCUT2D eigenvalue weighted by molar-refractivity contribution is 7.00. The van der Waals surface area contributed by atoms with Crippen LogP contribution >= 0.6 is 0 Å². The molecule has 0 aliphatic carbocycles. The Bertz CT molecular complexity index is 741. The third kappa shape index (κ3) is 5.66. The van der Waals surface area contributed by atoms with Crippen molar-refractivity contribution >= 4 is 25.7 Å². The molecule has 29 heavy (non-hydrogen) atoms. The fourth-order valence-corrected chi connectivity index (χ4v) is 8.03. The van der Waals surface area contributed by atoms with Gasteiger partial charge in [0.15, 0.2) is 0 Å². The molecule has 0 amide bonds. The van der Waals surface area contributed by atoms with E-state index in [1.54, 1.807) is 10.9 Å². The second-order valence-corrected chi connectivity index (χ2v) is 16.0. The van der Waals surface area contributed by atoms with Gasteiger partial charge in [0.05, 0.1) is 0 Å². The smallest absolute Gasteiger partial charge is 0.0698 e. The van der Waals surface area contributed by atoms with E-state index >= 15 is 0 Å². The van der Waals surface area contributed by atoms with Gasteiger partial charge in [0.2, 0.25) is 6.71 Å². The summed E-state index contributed by atoms with van der Waals surface area (Å²) in [5.74, 6) is 0. The van der Waals surface area contributed by atoms with Crippen LogP contribution < -0.4 is 10.9 Å². The van der Waals surface area contributed by atoms with Crippen LogP contribution in [0.3, 0.4) is 0 Å². The van der Waals surface area contributed by atoms with Gasteiger partial charge in [0.1, 0.15) is 0 Å². The van der Waals surface area contributed by atoms with Gasteiger partial charge in [-0.1, -0.05) is 126 Å². The number of benzene rings is 2. The molecule has 0 nitrogen and oxygen atoms in total. The van der Waals surface area contributed by atoms with Crippen LogP contribution in [0.15, 0.2) is 24.3 Å². The highest BCUT2D eigenvalue weighted by Gasteiger charge is 2.40. The molecular formula is C27H43BSi. The molecule has 0 saturated carbocycles. The Morgan fingerprint density at radius 2 is 1.07 bits per heavy atom. The van der Waals surface area contributed by atoms with Gasteiger partial charge >= 0.3 is 0 Å². The Hall–Kier alpha value is -1.28.